The van der Waals surface area contributed by atoms with E-state index >= 15 is 0 Å². The summed E-state index contributed by atoms with van der Waals surface area (Å²) in [5.41, 5.74) is 0. The lowest BCUT2D eigenvalue weighted by atomic mass is 10.1. The van der Waals surface area contributed by atoms with E-state index in [9.17, 15) is 14.7 Å². The molecule has 0 aliphatic rings. The van der Waals surface area contributed by atoms with Crippen molar-refractivity contribution in [3.05, 3.63) is 0 Å². The van der Waals surface area contributed by atoms with Crippen LogP contribution in [0.1, 0.15) is 258 Å². The van der Waals surface area contributed by atoms with Crippen molar-refractivity contribution in [2.75, 3.05) is 52.4 Å². The topological polar surface area (TPSA) is 93.7 Å². The van der Waals surface area contributed by atoms with Crippen LogP contribution in [0.5, 0.6) is 0 Å². The van der Waals surface area contributed by atoms with Gasteiger partial charge in [-0.05, 0) is 58.3 Å². The van der Waals surface area contributed by atoms with Crippen molar-refractivity contribution in [2.24, 2.45) is 0 Å². The molecule has 0 aliphatic carbocycles. The van der Waals surface area contributed by atoms with Crippen LogP contribution < -0.4 is 16.0 Å². The van der Waals surface area contributed by atoms with E-state index in [0.717, 1.165) is 58.3 Å². The molecule has 0 fully saturated rings. The summed E-state index contributed by atoms with van der Waals surface area (Å²) in [4.78, 5) is 27.3. The summed E-state index contributed by atoms with van der Waals surface area (Å²) in [6, 6.07) is 0. The molecule has 0 aromatic rings. The molecular weight excluding hydrogens is 717 g/mol. The van der Waals surface area contributed by atoms with Gasteiger partial charge >= 0.3 is 0 Å². The zero-order valence-electron chi connectivity index (χ0n) is 39.6. The lowest BCUT2D eigenvalue weighted by molar-refractivity contribution is -0.121. The van der Waals surface area contributed by atoms with Crippen molar-refractivity contribution in [2.45, 2.75) is 264 Å². The fourth-order valence-electron chi connectivity index (χ4n) is 8.19. The number of hydrogen-bond donors (Lipinski definition) is 4. The van der Waals surface area contributed by atoms with Gasteiger partial charge in [-0.25, -0.2) is 0 Å². The molecule has 0 saturated carbocycles. The van der Waals surface area contributed by atoms with Crippen molar-refractivity contribution < 1.29 is 14.7 Å². The quantitative estimate of drug-likeness (QED) is 0.0457. The molecule has 0 aromatic heterocycles. The lowest BCUT2D eigenvalue weighted by Crippen LogP contribution is -2.39. The fourth-order valence-corrected chi connectivity index (χ4v) is 8.19. The second kappa shape index (κ2) is 48.6. The molecule has 1 atom stereocenters. The summed E-state index contributed by atoms with van der Waals surface area (Å²) < 4.78 is 0. The number of nitrogens with zero attached hydrogens (tertiary/aromatic N) is 1. The molecule has 346 valence electrons. The van der Waals surface area contributed by atoms with Crippen molar-refractivity contribution in [1.29, 1.82) is 0 Å². The van der Waals surface area contributed by atoms with Crippen LogP contribution in [0.15, 0.2) is 0 Å². The van der Waals surface area contributed by atoms with Gasteiger partial charge in [0.05, 0.1) is 19.2 Å². The molecule has 0 radical (unpaired) electrons. The molecule has 0 aliphatic heterocycles. The number of carbonyl (C=O) groups excluding carboxylic acids is 2. The highest BCUT2D eigenvalue weighted by Gasteiger charge is 2.16. The molecule has 0 rings (SSSR count). The third-order valence-electron chi connectivity index (χ3n) is 12.0. The highest BCUT2D eigenvalue weighted by Crippen LogP contribution is 2.14. The lowest BCUT2D eigenvalue weighted by Gasteiger charge is -2.25. The normalized spacial score (nSPS) is 12.2. The molecule has 7 nitrogen and oxygen atoms in total. The maximum atomic E-state index is 12.7. The van der Waals surface area contributed by atoms with Gasteiger partial charge in [-0.3, -0.25) is 9.59 Å². The van der Waals surface area contributed by atoms with Gasteiger partial charge < -0.3 is 26.0 Å². The molecule has 0 bridgehead atoms. The number of hydrogen-bond acceptors (Lipinski definition) is 6. The highest BCUT2D eigenvalue weighted by molar-refractivity contribution is 5.82. The van der Waals surface area contributed by atoms with Gasteiger partial charge in [0.15, 0.2) is 0 Å². The molecule has 0 saturated heterocycles. The number of amides is 1. The monoisotopic (exact) mass is 821 g/mol. The summed E-state index contributed by atoms with van der Waals surface area (Å²) in [5.74, 6) is -0.0799. The van der Waals surface area contributed by atoms with Crippen LogP contribution in [0.25, 0.3) is 0 Å². The van der Waals surface area contributed by atoms with E-state index in [1.54, 1.807) is 0 Å². The van der Waals surface area contributed by atoms with Crippen LogP contribution in [0.2, 0.25) is 0 Å². The van der Waals surface area contributed by atoms with Crippen LogP contribution in [0, 0.1) is 0 Å². The predicted molar refractivity (Wildman–Crippen MR) is 254 cm³/mol. The van der Waals surface area contributed by atoms with E-state index in [0.29, 0.717) is 13.1 Å². The highest BCUT2D eigenvalue weighted by atomic mass is 16.3. The van der Waals surface area contributed by atoms with E-state index in [1.807, 2.05) is 0 Å². The van der Waals surface area contributed by atoms with Gasteiger partial charge in [0.2, 0.25) is 5.91 Å². The first kappa shape index (κ1) is 57.0. The SMILES string of the molecule is CCCCCCCCCCCCCCNCCCCN(CCCCCCCCCCCCCC)CC(O)CC(=O)CNCC(=O)NCCCCCCCCCCCC. The van der Waals surface area contributed by atoms with Gasteiger partial charge in [0.1, 0.15) is 5.78 Å². The number of rotatable bonds is 50. The molecule has 4 N–H and O–H groups in total. The van der Waals surface area contributed by atoms with Gasteiger partial charge in [-0.1, -0.05) is 220 Å². The molecule has 0 spiro atoms. The Morgan fingerprint density at radius 2 is 0.741 bits per heavy atom. The second-order valence-corrected chi connectivity index (χ2v) is 18.1. The number of nitrogens with one attached hydrogen (secondary N) is 3. The van der Waals surface area contributed by atoms with Crippen LogP contribution in [-0.4, -0.2) is 80.2 Å². The fraction of sp³-hybridized carbons (Fsp3) is 0.961. The number of ketones is 1. The van der Waals surface area contributed by atoms with Crippen LogP contribution in [0.3, 0.4) is 0 Å². The van der Waals surface area contributed by atoms with Crippen molar-refractivity contribution in [1.82, 2.24) is 20.9 Å². The third kappa shape index (κ3) is 46.1. The van der Waals surface area contributed by atoms with Crippen LogP contribution in [0.4, 0.5) is 0 Å². The Labute approximate surface area is 363 Å². The minimum Gasteiger partial charge on any atom is -0.391 e. The number of aliphatic hydroxyl groups excluding tert-OH is 1. The van der Waals surface area contributed by atoms with Gasteiger partial charge in [-0.15, -0.1) is 0 Å². The number of carbonyl (C=O) groups is 2. The van der Waals surface area contributed by atoms with E-state index in [1.165, 1.54) is 199 Å². The zero-order chi connectivity index (χ0) is 42.3. The van der Waals surface area contributed by atoms with Crippen LogP contribution in [-0.2, 0) is 9.59 Å². The van der Waals surface area contributed by atoms with E-state index in [2.05, 4.69) is 41.6 Å². The molecule has 7 heteroatoms. The Morgan fingerprint density at radius 3 is 1.16 bits per heavy atom. The Balaban J connectivity index is 4.22. The minimum atomic E-state index is -0.666. The van der Waals surface area contributed by atoms with Crippen LogP contribution >= 0.6 is 0 Å². The average Bonchev–Trinajstić information content (AvgIpc) is 3.21. The minimum absolute atomic E-state index is 0.0256. The first-order valence-electron chi connectivity index (χ1n) is 26.1. The molecule has 58 heavy (non-hydrogen) atoms. The van der Waals surface area contributed by atoms with Crippen molar-refractivity contribution in [3.8, 4) is 0 Å². The summed E-state index contributed by atoms with van der Waals surface area (Å²) >= 11 is 0. The molecular formula is C51H104N4O3. The average molecular weight is 821 g/mol. The smallest absolute Gasteiger partial charge is 0.233 e. The van der Waals surface area contributed by atoms with E-state index < -0.39 is 6.10 Å². The van der Waals surface area contributed by atoms with Crippen molar-refractivity contribution >= 4 is 11.7 Å². The summed E-state index contributed by atoms with van der Waals surface area (Å²) in [6.07, 6.45) is 47.3. The van der Waals surface area contributed by atoms with Gasteiger partial charge in [-0.2, -0.15) is 0 Å². The summed E-state index contributed by atoms with van der Waals surface area (Å²) in [6.45, 7) is 12.5. The Kier molecular flexibility index (Phi) is 47.8. The molecule has 1 amide bonds. The van der Waals surface area contributed by atoms with Gasteiger partial charge in [0, 0.05) is 19.5 Å². The molecule has 0 heterocycles. The Morgan fingerprint density at radius 1 is 0.414 bits per heavy atom. The predicted octanol–water partition coefficient (Wildman–Crippen LogP) is 13.0. The maximum Gasteiger partial charge on any atom is 0.233 e. The molecule has 1 unspecified atom stereocenters. The second-order valence-electron chi connectivity index (χ2n) is 18.1. The largest absolute Gasteiger partial charge is 0.391 e. The van der Waals surface area contributed by atoms with E-state index in [-0.39, 0.29) is 31.2 Å². The van der Waals surface area contributed by atoms with Gasteiger partial charge in [0.25, 0.3) is 0 Å². The number of aliphatic hydroxyl groups is 1. The third-order valence-corrected chi connectivity index (χ3v) is 12.0. The van der Waals surface area contributed by atoms with E-state index in [4.69, 9.17) is 0 Å². The standard InChI is InChI=1S/C51H104N4O3/c1-4-7-10-13-16-19-22-24-26-29-32-35-40-52-41-37-39-44-55(43-38-34-31-28-25-23-20-17-14-11-8-5-2)48-50(57)45-49(56)46-53-47-51(58)54-42-36-33-30-27-21-18-15-12-9-6-3/h50,52-53,57H,4-48H2,1-3H3,(H,54,58). The first-order valence-corrected chi connectivity index (χ1v) is 26.1. The maximum absolute atomic E-state index is 12.7. The Bertz CT molecular complexity index is 828. The number of Topliss-reactive ketones (excluding diaryl/α,β-unsaturated/α-hetero) is 1. The van der Waals surface area contributed by atoms with Crippen molar-refractivity contribution in [3.63, 3.8) is 0 Å². The first-order chi connectivity index (χ1) is 28.5. The number of unbranched alkanes of at least 4 members (excludes halogenated alkanes) is 32. The Hall–Kier alpha value is -1.02. The summed E-state index contributed by atoms with van der Waals surface area (Å²) in [7, 11) is 0. The zero-order valence-corrected chi connectivity index (χ0v) is 39.6. The molecule has 0 aromatic carbocycles. The summed E-state index contributed by atoms with van der Waals surface area (Å²) in [5, 5.41) is 20.6.